The van der Waals surface area contributed by atoms with Crippen LogP contribution in [0.5, 0.6) is 5.88 Å². The Hall–Kier alpha value is -1.94. The number of piperidine rings is 1. The van der Waals surface area contributed by atoms with Crippen LogP contribution in [0.25, 0.3) is 0 Å². The van der Waals surface area contributed by atoms with Crippen molar-refractivity contribution in [3.63, 3.8) is 0 Å². The van der Waals surface area contributed by atoms with Gasteiger partial charge in [0, 0.05) is 25.2 Å². The van der Waals surface area contributed by atoms with Gasteiger partial charge in [-0.25, -0.2) is 9.78 Å². The number of nitrogens with zero attached hydrogens (tertiary/aromatic N) is 2. The van der Waals surface area contributed by atoms with Crippen molar-refractivity contribution in [3.8, 4) is 17.7 Å². The number of anilines is 1. The van der Waals surface area contributed by atoms with Gasteiger partial charge in [0.2, 0.25) is 5.88 Å². The van der Waals surface area contributed by atoms with E-state index in [2.05, 4.69) is 32.8 Å². The van der Waals surface area contributed by atoms with Crippen molar-refractivity contribution in [3.05, 3.63) is 16.2 Å². The normalized spacial score (nSPS) is 17.5. The van der Waals surface area contributed by atoms with E-state index < -0.39 is 5.60 Å². The predicted molar refractivity (Wildman–Crippen MR) is 100 cm³/mol. The average Bonchev–Trinajstić information content (AvgIpc) is 2.55. The minimum Gasteiger partial charge on any atom is -0.480 e. The van der Waals surface area contributed by atoms with Crippen LogP contribution in [0, 0.1) is 17.8 Å². The van der Waals surface area contributed by atoms with Gasteiger partial charge in [-0.1, -0.05) is 11.8 Å². The predicted octanol–water partition coefficient (Wildman–Crippen LogP) is 3.43. The van der Waals surface area contributed by atoms with Gasteiger partial charge in [0.25, 0.3) is 0 Å². The minimum atomic E-state index is -0.495. The zero-order valence-corrected chi connectivity index (χ0v) is 16.6. The Labute approximate surface area is 157 Å². The fraction of sp³-hybridized carbons (Fsp3) is 0.556. The molecular formula is C18H24BrN3O3. The molecule has 0 bridgehead atoms. The molecule has 0 aliphatic carbocycles. The zero-order valence-electron chi connectivity index (χ0n) is 15.1. The summed E-state index contributed by atoms with van der Waals surface area (Å²) in [6.07, 6.45) is 3.16. The molecule has 0 radical (unpaired) electrons. The number of ether oxygens (including phenoxy) is 2. The van der Waals surface area contributed by atoms with E-state index in [0.29, 0.717) is 34.7 Å². The molecule has 0 saturated carbocycles. The molecule has 7 heteroatoms. The molecule has 1 aromatic heterocycles. The molecule has 25 heavy (non-hydrogen) atoms. The number of nitrogens with two attached hydrogens (primary N) is 1. The molecule has 2 heterocycles. The first-order chi connectivity index (χ1) is 11.7. The summed E-state index contributed by atoms with van der Waals surface area (Å²) in [4.78, 5) is 18.1. The topological polar surface area (TPSA) is 77.7 Å². The van der Waals surface area contributed by atoms with Crippen LogP contribution in [0.3, 0.4) is 0 Å². The van der Waals surface area contributed by atoms with Gasteiger partial charge in [-0.3, -0.25) is 0 Å². The van der Waals surface area contributed by atoms with E-state index in [1.807, 2.05) is 20.8 Å². The van der Waals surface area contributed by atoms with Crippen molar-refractivity contribution in [2.45, 2.75) is 39.2 Å². The fourth-order valence-electron chi connectivity index (χ4n) is 2.49. The number of pyridine rings is 1. The number of aromatic nitrogens is 1. The monoisotopic (exact) mass is 409 g/mol. The number of hydrogen-bond acceptors (Lipinski definition) is 5. The molecule has 1 aliphatic heterocycles. The Balaban J connectivity index is 2.08. The third kappa shape index (κ3) is 5.27. The Kier molecular flexibility index (Phi) is 6.17. The molecule has 2 rings (SSSR count). The summed E-state index contributed by atoms with van der Waals surface area (Å²) >= 11 is 3.36. The third-order valence-electron chi connectivity index (χ3n) is 3.70. The van der Waals surface area contributed by atoms with Gasteiger partial charge < -0.3 is 20.1 Å². The quantitative estimate of drug-likeness (QED) is 0.718. The largest absolute Gasteiger partial charge is 0.480 e. The van der Waals surface area contributed by atoms with E-state index in [9.17, 15) is 4.79 Å². The molecule has 1 aromatic rings. The van der Waals surface area contributed by atoms with Crippen molar-refractivity contribution >= 4 is 27.7 Å². The minimum absolute atomic E-state index is 0.0848. The van der Waals surface area contributed by atoms with E-state index in [0.717, 1.165) is 12.8 Å². The lowest BCUT2D eigenvalue weighted by Crippen LogP contribution is -2.42. The van der Waals surface area contributed by atoms with Crippen LogP contribution in [0.15, 0.2) is 10.7 Å². The number of carbonyl (C=O) groups is 1. The van der Waals surface area contributed by atoms with Gasteiger partial charge in [0.15, 0.2) is 0 Å². The van der Waals surface area contributed by atoms with Crippen LogP contribution in [0.2, 0.25) is 0 Å². The lowest BCUT2D eigenvalue weighted by molar-refractivity contribution is 0.0190. The van der Waals surface area contributed by atoms with Crippen LogP contribution in [-0.4, -0.2) is 41.8 Å². The molecule has 0 aromatic carbocycles. The summed E-state index contributed by atoms with van der Waals surface area (Å²) in [6, 6.07) is 0. The Bertz CT molecular complexity index is 704. The molecule has 0 unspecified atom stereocenters. The molecule has 1 atom stereocenters. The fourth-order valence-corrected chi connectivity index (χ4v) is 2.97. The van der Waals surface area contributed by atoms with Crippen molar-refractivity contribution in [2.75, 3.05) is 25.9 Å². The number of rotatable bonds is 1. The highest BCUT2D eigenvalue weighted by molar-refractivity contribution is 9.10. The lowest BCUT2D eigenvalue weighted by Gasteiger charge is -2.32. The lowest BCUT2D eigenvalue weighted by atomic mass is 9.98. The third-order valence-corrected chi connectivity index (χ3v) is 4.47. The van der Waals surface area contributed by atoms with Crippen molar-refractivity contribution in [2.24, 2.45) is 5.92 Å². The highest BCUT2D eigenvalue weighted by atomic mass is 79.9. The summed E-state index contributed by atoms with van der Waals surface area (Å²) in [6.45, 7) is 6.85. The van der Waals surface area contributed by atoms with Crippen molar-refractivity contribution in [1.82, 2.24) is 9.88 Å². The number of amides is 1. The van der Waals surface area contributed by atoms with Crippen LogP contribution in [0.1, 0.15) is 39.2 Å². The molecule has 136 valence electrons. The van der Waals surface area contributed by atoms with Gasteiger partial charge in [-0.2, -0.15) is 0 Å². The first kappa shape index (κ1) is 19.4. The molecule has 1 fully saturated rings. The smallest absolute Gasteiger partial charge is 0.410 e. The Morgan fingerprint density at radius 2 is 2.20 bits per heavy atom. The summed E-state index contributed by atoms with van der Waals surface area (Å²) in [5.74, 6) is 6.80. The number of halogens is 1. The molecule has 2 N–H and O–H groups in total. The number of methoxy groups -OCH3 is 1. The van der Waals surface area contributed by atoms with Crippen LogP contribution in [0.4, 0.5) is 10.5 Å². The summed E-state index contributed by atoms with van der Waals surface area (Å²) in [5.41, 5.74) is 6.71. The van der Waals surface area contributed by atoms with Gasteiger partial charge in [-0.05, 0) is 49.5 Å². The zero-order chi connectivity index (χ0) is 18.6. The molecular weight excluding hydrogens is 386 g/mol. The second-order valence-electron chi connectivity index (χ2n) is 6.94. The van der Waals surface area contributed by atoms with E-state index >= 15 is 0 Å². The van der Waals surface area contributed by atoms with Crippen LogP contribution >= 0.6 is 15.9 Å². The summed E-state index contributed by atoms with van der Waals surface area (Å²) in [5, 5.41) is 0. The van der Waals surface area contributed by atoms with Gasteiger partial charge in [-0.15, -0.1) is 0 Å². The van der Waals surface area contributed by atoms with Gasteiger partial charge in [0.1, 0.15) is 10.1 Å². The second-order valence-corrected chi connectivity index (χ2v) is 7.74. The van der Waals surface area contributed by atoms with Gasteiger partial charge in [0.05, 0.1) is 18.4 Å². The maximum Gasteiger partial charge on any atom is 0.410 e. The number of carbonyl (C=O) groups excluding carboxylic acids is 1. The maximum atomic E-state index is 12.2. The highest BCUT2D eigenvalue weighted by Gasteiger charge is 2.26. The summed E-state index contributed by atoms with van der Waals surface area (Å²) in [7, 11) is 1.53. The van der Waals surface area contributed by atoms with Gasteiger partial charge >= 0.3 is 6.09 Å². The molecule has 0 spiro atoms. The van der Waals surface area contributed by atoms with E-state index in [4.69, 9.17) is 15.2 Å². The average molecular weight is 410 g/mol. The maximum absolute atomic E-state index is 12.2. The Morgan fingerprint density at radius 1 is 1.48 bits per heavy atom. The molecule has 1 amide bonds. The summed E-state index contributed by atoms with van der Waals surface area (Å²) < 4.78 is 11.1. The first-order valence-corrected chi connectivity index (χ1v) is 8.98. The van der Waals surface area contributed by atoms with Crippen molar-refractivity contribution < 1.29 is 14.3 Å². The van der Waals surface area contributed by atoms with Crippen molar-refractivity contribution in [1.29, 1.82) is 0 Å². The van der Waals surface area contributed by atoms with E-state index in [-0.39, 0.29) is 12.0 Å². The number of hydrogen-bond donors (Lipinski definition) is 1. The number of likely N-dealkylation sites (tertiary alicyclic amines) is 1. The second kappa shape index (κ2) is 7.96. The van der Waals surface area contributed by atoms with Crippen LogP contribution in [-0.2, 0) is 4.74 Å². The molecule has 6 nitrogen and oxygen atoms in total. The van der Waals surface area contributed by atoms with Crippen LogP contribution < -0.4 is 10.5 Å². The first-order valence-electron chi connectivity index (χ1n) is 8.18. The molecule has 1 aliphatic rings. The van der Waals surface area contributed by atoms with E-state index in [1.165, 1.54) is 7.11 Å². The highest BCUT2D eigenvalue weighted by Crippen LogP contribution is 2.30. The Morgan fingerprint density at radius 3 is 2.84 bits per heavy atom. The standard InChI is InChI=1S/C18H24BrN3O3/c1-18(2,3)25-17(23)22-9-5-6-12(11-22)7-8-13-10-21-16(24-4)14(19)15(13)20/h10,12H,5-6,9,11H2,1-4H3,(H2,20,21)/t12-/m0/s1. The van der Waals surface area contributed by atoms with E-state index in [1.54, 1.807) is 11.1 Å². The number of nitrogen functional groups attached to an aromatic ring is 1. The SMILES string of the molecule is COc1ncc(C#C[C@@H]2CCCN(C(=O)OC(C)(C)C)C2)c(N)c1Br. The molecule has 1 saturated heterocycles.